The fourth-order valence-corrected chi connectivity index (χ4v) is 3.90. The maximum atomic E-state index is 12.4. The first-order valence-electron chi connectivity index (χ1n) is 10.5. The molecule has 3 aromatic heterocycles. The number of hydrogen-bond acceptors (Lipinski definition) is 7. The van der Waals surface area contributed by atoms with Crippen LogP contribution in [0.2, 0.25) is 0 Å². The first kappa shape index (κ1) is 21.7. The van der Waals surface area contributed by atoms with Gasteiger partial charge in [0, 0.05) is 49.9 Å². The molecule has 0 aliphatic carbocycles. The summed E-state index contributed by atoms with van der Waals surface area (Å²) in [5, 5.41) is 3.74. The number of nitrogens with one attached hydrogen (secondary N) is 1. The summed E-state index contributed by atoms with van der Waals surface area (Å²) in [6.07, 6.45) is 6.11. The predicted octanol–water partition coefficient (Wildman–Crippen LogP) is 4.14. The molecule has 0 saturated heterocycles. The maximum Gasteiger partial charge on any atom is 0.222 e. The van der Waals surface area contributed by atoms with Gasteiger partial charge < -0.3 is 14.6 Å². The number of pyridine rings is 1. The number of aromatic nitrogens is 3. The van der Waals surface area contributed by atoms with Gasteiger partial charge in [0.15, 0.2) is 0 Å². The second-order valence-corrected chi connectivity index (χ2v) is 8.27. The average molecular weight is 448 g/mol. The average Bonchev–Trinajstić information content (AvgIpc) is 3.50. The van der Waals surface area contributed by atoms with Gasteiger partial charge in [-0.15, -0.1) is 0 Å². The number of nitrogens with zero attached hydrogens (tertiary/aromatic N) is 4. The van der Waals surface area contributed by atoms with Gasteiger partial charge in [0.2, 0.25) is 11.0 Å². The van der Waals surface area contributed by atoms with Gasteiger partial charge in [-0.05, 0) is 42.3 Å². The minimum absolute atomic E-state index is 0.0179. The van der Waals surface area contributed by atoms with E-state index in [4.69, 9.17) is 9.40 Å². The Morgan fingerprint density at radius 2 is 1.91 bits per heavy atom. The van der Waals surface area contributed by atoms with Crippen LogP contribution in [-0.2, 0) is 24.3 Å². The molecule has 3 heterocycles. The molecule has 7 nitrogen and oxygen atoms in total. The van der Waals surface area contributed by atoms with E-state index in [2.05, 4.69) is 45.9 Å². The standard InChI is InChI=1S/C24H25N5O2S/c1-18-4-6-19(7-5-18)15-22-27-24(32-28-22)29(17-21-3-2-14-31-21)13-10-23(30)26-16-20-8-11-25-12-9-20/h2-9,11-12,14H,10,13,15-17H2,1H3,(H,26,30). The molecule has 0 unspecified atom stereocenters. The molecule has 0 spiro atoms. The summed E-state index contributed by atoms with van der Waals surface area (Å²) >= 11 is 1.35. The summed E-state index contributed by atoms with van der Waals surface area (Å²) in [4.78, 5) is 23.2. The summed E-state index contributed by atoms with van der Waals surface area (Å²) in [5.41, 5.74) is 3.42. The highest BCUT2D eigenvalue weighted by atomic mass is 32.1. The minimum Gasteiger partial charge on any atom is -0.467 e. The summed E-state index contributed by atoms with van der Waals surface area (Å²) in [5.74, 6) is 1.58. The summed E-state index contributed by atoms with van der Waals surface area (Å²) in [7, 11) is 0. The molecular weight excluding hydrogens is 422 g/mol. The van der Waals surface area contributed by atoms with Crippen LogP contribution in [0.4, 0.5) is 5.13 Å². The van der Waals surface area contributed by atoms with Gasteiger partial charge in [-0.1, -0.05) is 29.8 Å². The Balaban J connectivity index is 1.38. The topological polar surface area (TPSA) is 84.2 Å². The van der Waals surface area contributed by atoms with Crippen LogP contribution in [0.5, 0.6) is 0 Å². The number of amides is 1. The molecule has 164 valence electrons. The summed E-state index contributed by atoms with van der Waals surface area (Å²) in [6, 6.07) is 15.9. The molecule has 0 aliphatic heterocycles. The number of aryl methyl sites for hydroxylation is 1. The van der Waals surface area contributed by atoms with E-state index in [9.17, 15) is 4.79 Å². The molecule has 0 radical (unpaired) electrons. The van der Waals surface area contributed by atoms with Gasteiger partial charge in [0.25, 0.3) is 0 Å². The molecule has 0 aliphatic rings. The molecular formula is C24H25N5O2S. The van der Waals surface area contributed by atoms with Gasteiger partial charge in [0.1, 0.15) is 11.6 Å². The molecule has 0 fully saturated rings. The van der Waals surface area contributed by atoms with Gasteiger partial charge in [-0.25, -0.2) is 4.98 Å². The number of furan rings is 1. The van der Waals surface area contributed by atoms with Gasteiger partial charge in [-0.2, -0.15) is 4.37 Å². The lowest BCUT2D eigenvalue weighted by Gasteiger charge is -2.20. The van der Waals surface area contributed by atoms with Crippen molar-refractivity contribution in [3.63, 3.8) is 0 Å². The zero-order valence-corrected chi connectivity index (χ0v) is 18.7. The van der Waals surface area contributed by atoms with E-state index in [1.165, 1.54) is 22.7 Å². The SMILES string of the molecule is Cc1ccc(Cc2nsc(N(CCC(=O)NCc3ccncc3)Cc3ccco3)n2)cc1. The third kappa shape index (κ3) is 6.24. The van der Waals surface area contributed by atoms with E-state index >= 15 is 0 Å². The smallest absolute Gasteiger partial charge is 0.222 e. The normalized spacial score (nSPS) is 10.8. The Labute approximate surface area is 191 Å². The third-order valence-electron chi connectivity index (χ3n) is 4.99. The van der Waals surface area contributed by atoms with Crippen molar-refractivity contribution < 1.29 is 9.21 Å². The quantitative estimate of drug-likeness (QED) is 0.393. The van der Waals surface area contributed by atoms with Crippen molar-refractivity contribution in [1.82, 2.24) is 19.7 Å². The van der Waals surface area contributed by atoms with E-state index in [0.29, 0.717) is 32.5 Å². The second kappa shape index (κ2) is 10.7. The summed E-state index contributed by atoms with van der Waals surface area (Å²) in [6.45, 7) is 3.60. The van der Waals surface area contributed by atoms with Crippen LogP contribution in [0.1, 0.15) is 34.7 Å². The van der Waals surface area contributed by atoms with E-state index in [-0.39, 0.29) is 5.91 Å². The van der Waals surface area contributed by atoms with Gasteiger partial charge in [-0.3, -0.25) is 9.78 Å². The van der Waals surface area contributed by atoms with Gasteiger partial charge in [0.05, 0.1) is 12.8 Å². The molecule has 0 saturated carbocycles. The predicted molar refractivity (Wildman–Crippen MR) is 124 cm³/mol. The second-order valence-electron chi connectivity index (χ2n) is 7.54. The number of carbonyl (C=O) groups excluding carboxylic acids is 1. The van der Waals surface area contributed by atoms with Crippen molar-refractivity contribution in [3.05, 3.63) is 95.5 Å². The highest BCUT2D eigenvalue weighted by Crippen LogP contribution is 2.22. The number of carbonyl (C=O) groups is 1. The van der Waals surface area contributed by atoms with Crippen LogP contribution in [0.25, 0.3) is 0 Å². The summed E-state index contributed by atoms with van der Waals surface area (Å²) < 4.78 is 10.1. The Morgan fingerprint density at radius 1 is 1.09 bits per heavy atom. The monoisotopic (exact) mass is 447 g/mol. The van der Waals surface area contributed by atoms with E-state index < -0.39 is 0 Å². The highest BCUT2D eigenvalue weighted by Gasteiger charge is 2.16. The number of rotatable bonds is 10. The van der Waals surface area contributed by atoms with Crippen LogP contribution in [-0.4, -0.2) is 26.8 Å². The van der Waals surface area contributed by atoms with Crippen molar-refractivity contribution in [1.29, 1.82) is 0 Å². The van der Waals surface area contributed by atoms with E-state index in [0.717, 1.165) is 22.3 Å². The lowest BCUT2D eigenvalue weighted by molar-refractivity contribution is -0.121. The van der Waals surface area contributed by atoms with E-state index in [1.807, 2.05) is 29.2 Å². The molecule has 8 heteroatoms. The van der Waals surface area contributed by atoms with Crippen molar-refractivity contribution >= 4 is 22.6 Å². The van der Waals surface area contributed by atoms with Crippen molar-refractivity contribution in [3.8, 4) is 0 Å². The molecule has 1 amide bonds. The minimum atomic E-state index is -0.0179. The molecule has 1 aromatic carbocycles. The lowest BCUT2D eigenvalue weighted by atomic mass is 10.1. The number of benzene rings is 1. The van der Waals surface area contributed by atoms with Crippen molar-refractivity contribution in [2.75, 3.05) is 11.4 Å². The van der Waals surface area contributed by atoms with Crippen LogP contribution >= 0.6 is 11.5 Å². The fourth-order valence-electron chi connectivity index (χ4n) is 3.19. The Morgan fingerprint density at radius 3 is 2.66 bits per heavy atom. The molecule has 0 atom stereocenters. The highest BCUT2D eigenvalue weighted by molar-refractivity contribution is 7.09. The fraction of sp³-hybridized carbons (Fsp3) is 0.250. The Kier molecular flexibility index (Phi) is 7.24. The first-order chi connectivity index (χ1) is 15.7. The molecule has 4 rings (SSSR count). The first-order valence-corrected chi connectivity index (χ1v) is 11.2. The molecule has 1 N–H and O–H groups in total. The van der Waals surface area contributed by atoms with Gasteiger partial charge >= 0.3 is 0 Å². The van der Waals surface area contributed by atoms with Crippen molar-refractivity contribution in [2.45, 2.75) is 32.9 Å². The van der Waals surface area contributed by atoms with E-state index in [1.54, 1.807) is 18.7 Å². The Hall–Kier alpha value is -3.52. The zero-order valence-electron chi connectivity index (χ0n) is 17.9. The van der Waals surface area contributed by atoms with Crippen LogP contribution < -0.4 is 10.2 Å². The van der Waals surface area contributed by atoms with Crippen LogP contribution in [0.3, 0.4) is 0 Å². The molecule has 0 bridgehead atoms. The number of anilines is 1. The van der Waals surface area contributed by atoms with Crippen molar-refractivity contribution in [2.24, 2.45) is 0 Å². The van der Waals surface area contributed by atoms with Crippen LogP contribution in [0, 0.1) is 6.92 Å². The zero-order chi connectivity index (χ0) is 22.2. The Bertz CT molecular complexity index is 1110. The molecule has 4 aromatic rings. The lowest BCUT2D eigenvalue weighted by Crippen LogP contribution is -2.30. The number of hydrogen-bond donors (Lipinski definition) is 1. The maximum absolute atomic E-state index is 12.4. The molecule has 32 heavy (non-hydrogen) atoms. The largest absolute Gasteiger partial charge is 0.467 e. The third-order valence-corrected chi connectivity index (χ3v) is 5.80. The van der Waals surface area contributed by atoms with Crippen LogP contribution in [0.15, 0.2) is 71.6 Å².